The van der Waals surface area contributed by atoms with E-state index >= 15 is 0 Å². The summed E-state index contributed by atoms with van der Waals surface area (Å²) in [5, 5.41) is 2.42. The zero-order chi connectivity index (χ0) is 32.5. The fourth-order valence-electron chi connectivity index (χ4n) is 8.45. The lowest BCUT2D eigenvalue weighted by Gasteiger charge is -2.34. The molecule has 0 unspecified atom stereocenters. The number of rotatable bonds is 2. The van der Waals surface area contributed by atoms with E-state index < -0.39 is 0 Å². The van der Waals surface area contributed by atoms with Crippen molar-refractivity contribution < 1.29 is 9.39 Å². The maximum absolute atomic E-state index is 7.17. The van der Waals surface area contributed by atoms with E-state index in [4.69, 9.17) is 14.4 Å². The van der Waals surface area contributed by atoms with Crippen molar-refractivity contribution >= 4 is 67.5 Å². The molecule has 6 nitrogen and oxygen atoms in total. The summed E-state index contributed by atoms with van der Waals surface area (Å²) < 4.78 is 20.9. The molecule has 0 saturated carbocycles. The summed E-state index contributed by atoms with van der Waals surface area (Å²) in [6.45, 7) is -0.337. The lowest BCUT2D eigenvalue weighted by Crippen LogP contribution is -2.53. The Labute approximate surface area is 286 Å². The number of nitrogens with zero attached hydrogens (tertiary/aromatic N) is 4. The van der Waals surface area contributed by atoms with E-state index in [9.17, 15) is 0 Å². The van der Waals surface area contributed by atoms with Crippen molar-refractivity contribution in [1.82, 2.24) is 18.5 Å². The molecule has 0 amide bonds. The summed E-state index contributed by atoms with van der Waals surface area (Å²) in [5.41, 5.74) is 12.6. The Balaban J connectivity index is 1.16. The van der Waals surface area contributed by atoms with Crippen molar-refractivity contribution in [3.8, 4) is 39.8 Å². The highest BCUT2D eigenvalue weighted by atomic mass is 16.5. The maximum Gasteiger partial charge on any atom is 0.434 e. The number of fused-ring (bicyclic) bond motifs is 12. The molecule has 0 radical (unpaired) electrons. The Bertz CT molecular complexity index is 3030. The second-order valence-corrected chi connectivity index (χ2v) is 13.1. The van der Waals surface area contributed by atoms with Crippen LogP contribution in [-0.4, -0.2) is 25.4 Å². The zero-order valence-corrected chi connectivity index (χ0v) is 26.6. The van der Waals surface area contributed by atoms with Gasteiger partial charge in [-0.15, -0.1) is 0 Å². The SMILES string of the molecule is c1ccc2c(c1)OB1c3cccc(-n4c5ccccc5c5ccccc54)c3Oc3cc(-n4c5ccccc5n5c6ccccc6nc45)cc-2c31. The normalized spacial score (nSPS) is 13.1. The van der Waals surface area contributed by atoms with Gasteiger partial charge in [0.25, 0.3) is 0 Å². The van der Waals surface area contributed by atoms with Crippen LogP contribution in [0.1, 0.15) is 0 Å². The molecule has 10 aromatic rings. The first-order chi connectivity index (χ1) is 24.8. The molecule has 0 saturated heterocycles. The van der Waals surface area contributed by atoms with Crippen LogP contribution in [0.4, 0.5) is 0 Å². The number of hydrogen-bond acceptors (Lipinski definition) is 3. The summed E-state index contributed by atoms with van der Waals surface area (Å²) in [4.78, 5) is 5.17. The molecule has 0 bridgehead atoms. The van der Waals surface area contributed by atoms with Gasteiger partial charge in [0.05, 0.1) is 44.5 Å². The first kappa shape index (κ1) is 26.3. The molecule has 5 heterocycles. The second-order valence-electron chi connectivity index (χ2n) is 13.1. The summed E-state index contributed by atoms with van der Waals surface area (Å²) in [7, 11) is 0. The largest absolute Gasteiger partial charge is 0.551 e. The molecule has 0 fully saturated rings. The first-order valence-electron chi connectivity index (χ1n) is 16.9. The smallest absolute Gasteiger partial charge is 0.434 e. The van der Waals surface area contributed by atoms with Gasteiger partial charge in [0.2, 0.25) is 5.78 Å². The monoisotopic (exact) mass is 640 g/mol. The van der Waals surface area contributed by atoms with Gasteiger partial charge in [0, 0.05) is 33.3 Å². The zero-order valence-electron chi connectivity index (χ0n) is 26.6. The van der Waals surface area contributed by atoms with Crippen LogP contribution < -0.4 is 20.3 Å². The molecular formula is C43H25BN4O2. The minimum atomic E-state index is -0.337. The average Bonchev–Trinajstić information content (AvgIpc) is 3.81. The number of aromatic nitrogens is 4. The molecule has 0 spiro atoms. The summed E-state index contributed by atoms with van der Waals surface area (Å²) in [6, 6.07) is 53.2. The molecule has 232 valence electrons. The van der Waals surface area contributed by atoms with E-state index in [1.165, 1.54) is 10.8 Å². The molecule has 12 rings (SSSR count). The minimum Gasteiger partial charge on any atom is -0.551 e. The van der Waals surface area contributed by atoms with Crippen molar-refractivity contribution in [3.63, 3.8) is 0 Å². The van der Waals surface area contributed by atoms with E-state index in [0.717, 1.165) is 89.6 Å². The van der Waals surface area contributed by atoms with Gasteiger partial charge in [0.1, 0.15) is 17.2 Å². The third-order valence-corrected chi connectivity index (χ3v) is 10.5. The van der Waals surface area contributed by atoms with Crippen LogP contribution in [0.3, 0.4) is 0 Å². The van der Waals surface area contributed by atoms with Crippen molar-refractivity contribution in [1.29, 1.82) is 0 Å². The van der Waals surface area contributed by atoms with Gasteiger partial charge in [-0.3, -0.25) is 8.97 Å². The number of benzene rings is 7. The Morgan fingerprint density at radius 2 is 1.20 bits per heavy atom. The quantitative estimate of drug-likeness (QED) is 0.178. The van der Waals surface area contributed by atoms with Crippen molar-refractivity contribution in [3.05, 3.63) is 152 Å². The lowest BCUT2D eigenvalue weighted by molar-refractivity contribution is 0.477. The molecule has 0 N–H and O–H groups in total. The topological polar surface area (TPSA) is 45.6 Å². The number of ether oxygens (including phenoxy) is 1. The first-order valence-corrected chi connectivity index (χ1v) is 16.9. The van der Waals surface area contributed by atoms with Crippen LogP contribution in [0.2, 0.25) is 0 Å². The van der Waals surface area contributed by atoms with Crippen LogP contribution in [0, 0.1) is 0 Å². The molecule has 0 atom stereocenters. The summed E-state index contributed by atoms with van der Waals surface area (Å²) in [5.74, 6) is 3.30. The van der Waals surface area contributed by atoms with E-state index in [1.54, 1.807) is 0 Å². The highest BCUT2D eigenvalue weighted by Crippen LogP contribution is 2.44. The van der Waals surface area contributed by atoms with Crippen molar-refractivity contribution in [2.24, 2.45) is 0 Å². The van der Waals surface area contributed by atoms with E-state index in [2.05, 4.69) is 153 Å². The van der Waals surface area contributed by atoms with Crippen molar-refractivity contribution in [2.45, 2.75) is 0 Å². The van der Waals surface area contributed by atoms with Gasteiger partial charge in [-0.2, -0.15) is 0 Å². The van der Waals surface area contributed by atoms with Gasteiger partial charge >= 0.3 is 6.92 Å². The number of hydrogen-bond donors (Lipinski definition) is 0. The lowest BCUT2D eigenvalue weighted by atomic mass is 9.50. The maximum atomic E-state index is 7.17. The van der Waals surface area contributed by atoms with Crippen LogP contribution in [0.25, 0.3) is 72.2 Å². The molecule has 50 heavy (non-hydrogen) atoms. The van der Waals surface area contributed by atoms with Gasteiger partial charge in [0.15, 0.2) is 0 Å². The van der Waals surface area contributed by atoms with Gasteiger partial charge < -0.3 is 14.0 Å². The Morgan fingerprint density at radius 3 is 2.02 bits per heavy atom. The van der Waals surface area contributed by atoms with Crippen LogP contribution in [0.15, 0.2) is 152 Å². The van der Waals surface area contributed by atoms with E-state index in [-0.39, 0.29) is 6.92 Å². The van der Waals surface area contributed by atoms with Gasteiger partial charge in [-0.05, 0) is 60.2 Å². The van der Waals surface area contributed by atoms with E-state index in [1.807, 2.05) is 12.1 Å². The fourth-order valence-corrected chi connectivity index (χ4v) is 8.45. The number of para-hydroxylation sites is 8. The number of imidazole rings is 2. The third-order valence-electron chi connectivity index (χ3n) is 10.5. The predicted molar refractivity (Wildman–Crippen MR) is 201 cm³/mol. The average molecular weight is 641 g/mol. The van der Waals surface area contributed by atoms with E-state index in [0.29, 0.717) is 0 Å². The molecule has 2 aliphatic rings. The van der Waals surface area contributed by atoms with Gasteiger partial charge in [-0.25, -0.2) is 4.98 Å². The summed E-state index contributed by atoms with van der Waals surface area (Å²) in [6.07, 6.45) is 0. The molecular weight excluding hydrogens is 615 g/mol. The Hall–Kier alpha value is -6.73. The fraction of sp³-hybridized carbons (Fsp3) is 0. The Kier molecular flexibility index (Phi) is 4.96. The van der Waals surface area contributed by atoms with Crippen LogP contribution in [-0.2, 0) is 0 Å². The molecule has 3 aromatic heterocycles. The standard InChI is InChI=1S/C43H25BN4O2/c1-5-17-33-27(12-1)28-13-2-6-18-34(28)47(33)38-22-11-15-31-42(38)49-40-25-26(24-30-29-14-3-10-23-39(29)50-44(31)41(30)40)46-36-20-8-9-21-37(36)48-35-19-7-4-16-32(35)45-43(46)48/h1-25H. The highest BCUT2D eigenvalue weighted by molar-refractivity contribution is 6.84. The van der Waals surface area contributed by atoms with Crippen molar-refractivity contribution in [2.75, 3.05) is 0 Å². The Morgan fingerprint density at radius 1 is 0.520 bits per heavy atom. The summed E-state index contributed by atoms with van der Waals surface area (Å²) >= 11 is 0. The van der Waals surface area contributed by atoms with Gasteiger partial charge in [-0.1, -0.05) is 91.0 Å². The molecule has 7 heteroatoms. The molecule has 2 aliphatic heterocycles. The molecule has 7 aromatic carbocycles. The third kappa shape index (κ3) is 3.31. The van der Waals surface area contributed by atoms with Crippen LogP contribution in [0.5, 0.6) is 17.2 Å². The van der Waals surface area contributed by atoms with Crippen LogP contribution >= 0.6 is 0 Å². The predicted octanol–water partition coefficient (Wildman–Crippen LogP) is 8.80. The highest BCUT2D eigenvalue weighted by Gasteiger charge is 2.42. The molecule has 0 aliphatic carbocycles. The minimum absolute atomic E-state index is 0.337. The second kappa shape index (κ2) is 9.46.